The highest BCUT2D eigenvalue weighted by molar-refractivity contribution is 5.96. The zero-order valence-corrected chi connectivity index (χ0v) is 23.8. The van der Waals surface area contributed by atoms with Crippen LogP contribution in [0.5, 0.6) is 5.75 Å². The van der Waals surface area contributed by atoms with Gasteiger partial charge in [0.2, 0.25) is 0 Å². The molecule has 0 spiro atoms. The van der Waals surface area contributed by atoms with Crippen LogP contribution in [0.25, 0.3) is 0 Å². The van der Waals surface area contributed by atoms with Crippen LogP contribution >= 0.6 is 0 Å². The van der Waals surface area contributed by atoms with E-state index < -0.39 is 0 Å². The van der Waals surface area contributed by atoms with Crippen LogP contribution in [-0.2, 0) is 6.54 Å². The lowest BCUT2D eigenvalue weighted by Crippen LogP contribution is -2.58. The fourth-order valence-corrected chi connectivity index (χ4v) is 6.27. The summed E-state index contributed by atoms with van der Waals surface area (Å²) in [5.74, 6) is 0.957. The lowest BCUT2D eigenvalue weighted by atomic mass is 9.85. The van der Waals surface area contributed by atoms with Crippen LogP contribution in [0.4, 0.5) is 5.69 Å². The summed E-state index contributed by atoms with van der Waals surface area (Å²) in [4.78, 5) is 29.1. The molecule has 3 heterocycles. The number of amides is 1. The van der Waals surface area contributed by atoms with Gasteiger partial charge in [-0.05, 0) is 76.3 Å². The predicted octanol–water partition coefficient (Wildman–Crippen LogP) is 5.27. The highest BCUT2D eigenvalue weighted by Crippen LogP contribution is 2.34. The second kappa shape index (κ2) is 11.7. The molecule has 0 N–H and O–H groups in total. The van der Waals surface area contributed by atoms with Crippen molar-refractivity contribution in [3.8, 4) is 5.75 Å². The molecule has 0 saturated carbocycles. The molecule has 5 rings (SSSR count). The number of carbonyl (C=O) groups excluding carboxylic acids is 1. The number of hydrogen-bond donors (Lipinski definition) is 0. The van der Waals surface area contributed by atoms with Gasteiger partial charge in [0, 0.05) is 50.0 Å². The molecule has 3 aromatic rings. The number of ether oxygens (including phenoxy) is 1. The average molecular weight is 528 g/mol. The highest BCUT2D eigenvalue weighted by Gasteiger charge is 2.39. The Morgan fingerprint density at radius 1 is 0.949 bits per heavy atom. The molecular weight excluding hydrogens is 486 g/mol. The fourth-order valence-electron chi connectivity index (χ4n) is 6.27. The summed E-state index contributed by atoms with van der Waals surface area (Å²) in [6.45, 7) is 10.8. The first-order valence-electron chi connectivity index (χ1n) is 14.1. The SMILES string of the molecule is COc1ccc(N(Cc2ccccc2)C2CCN(C3(C)CCN(C(=O)c4c(C)ncnc4C)CC3)CC2)cc1. The first kappa shape index (κ1) is 27.1. The second-order valence-corrected chi connectivity index (χ2v) is 11.2. The molecule has 1 aromatic heterocycles. The van der Waals surface area contributed by atoms with Gasteiger partial charge in [-0.15, -0.1) is 0 Å². The molecule has 7 nitrogen and oxygen atoms in total. The summed E-state index contributed by atoms with van der Waals surface area (Å²) in [7, 11) is 1.71. The van der Waals surface area contributed by atoms with Crippen LogP contribution < -0.4 is 9.64 Å². The molecule has 0 bridgehead atoms. The van der Waals surface area contributed by atoms with Gasteiger partial charge in [0.15, 0.2) is 0 Å². The molecule has 2 aliphatic heterocycles. The largest absolute Gasteiger partial charge is 0.497 e. The Bertz CT molecular complexity index is 1230. The Balaban J connectivity index is 1.23. The normalized spacial score (nSPS) is 18.1. The molecule has 39 heavy (non-hydrogen) atoms. The summed E-state index contributed by atoms with van der Waals surface area (Å²) in [5, 5.41) is 0. The van der Waals surface area contributed by atoms with E-state index in [9.17, 15) is 4.79 Å². The maximum absolute atomic E-state index is 13.3. The Kier molecular flexibility index (Phi) is 8.17. The van der Waals surface area contributed by atoms with Crippen LogP contribution in [0, 0.1) is 13.8 Å². The van der Waals surface area contributed by atoms with E-state index in [1.165, 1.54) is 17.6 Å². The third-order valence-electron chi connectivity index (χ3n) is 8.84. The quantitative estimate of drug-likeness (QED) is 0.417. The number of methoxy groups -OCH3 is 1. The van der Waals surface area contributed by atoms with Gasteiger partial charge in [-0.25, -0.2) is 9.97 Å². The van der Waals surface area contributed by atoms with E-state index in [1.54, 1.807) is 7.11 Å². The van der Waals surface area contributed by atoms with Crippen molar-refractivity contribution in [2.45, 2.75) is 64.6 Å². The molecule has 7 heteroatoms. The Labute approximate surface area is 232 Å². The topological polar surface area (TPSA) is 61.8 Å². The maximum atomic E-state index is 13.3. The van der Waals surface area contributed by atoms with E-state index in [4.69, 9.17) is 4.74 Å². The number of anilines is 1. The standard InChI is InChI=1S/C32H41N5O2/c1-24-30(25(2)34-23-33-24)31(38)35-20-16-32(3,17-21-35)36-18-14-28(15-19-36)37(22-26-8-6-5-7-9-26)27-10-12-29(39-4)13-11-27/h5-13,23,28H,14-22H2,1-4H3. The van der Waals surface area contributed by atoms with Crippen molar-refractivity contribution >= 4 is 11.6 Å². The smallest absolute Gasteiger partial charge is 0.257 e. The molecule has 2 aromatic carbocycles. The third kappa shape index (κ3) is 5.93. The van der Waals surface area contributed by atoms with Crippen molar-refractivity contribution in [2.75, 3.05) is 38.2 Å². The van der Waals surface area contributed by atoms with Crippen molar-refractivity contribution in [3.63, 3.8) is 0 Å². The van der Waals surface area contributed by atoms with Gasteiger partial charge >= 0.3 is 0 Å². The minimum absolute atomic E-state index is 0.0717. The first-order valence-corrected chi connectivity index (χ1v) is 14.1. The molecule has 2 aliphatic rings. The van der Waals surface area contributed by atoms with Crippen molar-refractivity contribution in [3.05, 3.63) is 83.4 Å². The van der Waals surface area contributed by atoms with Crippen LogP contribution in [0.2, 0.25) is 0 Å². The molecule has 2 saturated heterocycles. The van der Waals surface area contributed by atoms with Crippen molar-refractivity contribution < 1.29 is 9.53 Å². The number of likely N-dealkylation sites (tertiary alicyclic amines) is 2. The number of rotatable bonds is 7. The predicted molar refractivity (Wildman–Crippen MR) is 155 cm³/mol. The summed E-state index contributed by atoms with van der Waals surface area (Å²) in [5.41, 5.74) is 4.88. The fraction of sp³-hybridized carbons (Fsp3) is 0.469. The average Bonchev–Trinajstić information content (AvgIpc) is 2.97. The number of aromatic nitrogens is 2. The van der Waals surface area contributed by atoms with Crippen molar-refractivity contribution in [2.24, 2.45) is 0 Å². The summed E-state index contributed by atoms with van der Waals surface area (Å²) < 4.78 is 5.41. The first-order chi connectivity index (χ1) is 18.9. The van der Waals surface area contributed by atoms with Crippen molar-refractivity contribution in [1.82, 2.24) is 19.8 Å². The number of carbonyl (C=O) groups is 1. The van der Waals surface area contributed by atoms with Gasteiger partial charge in [-0.3, -0.25) is 9.69 Å². The van der Waals surface area contributed by atoms with E-state index in [2.05, 4.69) is 81.3 Å². The number of benzene rings is 2. The molecule has 206 valence electrons. The van der Waals surface area contributed by atoms with Crippen LogP contribution in [-0.4, -0.2) is 70.5 Å². The van der Waals surface area contributed by atoms with Gasteiger partial charge in [0.25, 0.3) is 5.91 Å². The van der Waals surface area contributed by atoms with E-state index >= 15 is 0 Å². The minimum atomic E-state index is 0.0717. The number of hydrogen-bond acceptors (Lipinski definition) is 6. The van der Waals surface area contributed by atoms with E-state index in [1.807, 2.05) is 18.7 Å². The van der Waals surface area contributed by atoms with E-state index in [0.29, 0.717) is 11.6 Å². The summed E-state index contributed by atoms with van der Waals surface area (Å²) in [6, 6.07) is 19.7. The molecule has 1 amide bonds. The molecule has 0 unspecified atom stereocenters. The third-order valence-corrected chi connectivity index (χ3v) is 8.84. The van der Waals surface area contributed by atoms with Crippen LogP contribution in [0.3, 0.4) is 0 Å². The number of aryl methyl sites for hydroxylation is 2. The zero-order valence-electron chi connectivity index (χ0n) is 23.8. The Morgan fingerprint density at radius 2 is 1.56 bits per heavy atom. The number of piperidine rings is 2. The Morgan fingerprint density at radius 3 is 2.15 bits per heavy atom. The van der Waals surface area contributed by atoms with Crippen molar-refractivity contribution in [1.29, 1.82) is 0 Å². The molecular formula is C32H41N5O2. The minimum Gasteiger partial charge on any atom is -0.497 e. The highest BCUT2D eigenvalue weighted by atomic mass is 16.5. The van der Waals surface area contributed by atoms with Crippen LogP contribution in [0.1, 0.15) is 59.9 Å². The number of nitrogens with zero attached hydrogens (tertiary/aromatic N) is 5. The van der Waals surface area contributed by atoms with Gasteiger partial charge in [-0.1, -0.05) is 30.3 Å². The second-order valence-electron chi connectivity index (χ2n) is 11.2. The van der Waals surface area contributed by atoms with Gasteiger partial charge in [0.1, 0.15) is 12.1 Å². The van der Waals surface area contributed by atoms with E-state index in [-0.39, 0.29) is 11.4 Å². The lowest BCUT2D eigenvalue weighted by Gasteiger charge is -2.50. The summed E-state index contributed by atoms with van der Waals surface area (Å²) in [6.07, 6.45) is 5.75. The van der Waals surface area contributed by atoms with E-state index in [0.717, 1.165) is 75.5 Å². The molecule has 0 aliphatic carbocycles. The van der Waals surface area contributed by atoms with Gasteiger partial charge in [0.05, 0.1) is 24.1 Å². The lowest BCUT2D eigenvalue weighted by molar-refractivity contribution is 0.0170. The molecule has 0 radical (unpaired) electrons. The van der Waals surface area contributed by atoms with Gasteiger partial charge in [-0.2, -0.15) is 0 Å². The zero-order chi connectivity index (χ0) is 27.4. The Hall–Kier alpha value is -3.45. The maximum Gasteiger partial charge on any atom is 0.257 e. The van der Waals surface area contributed by atoms with Gasteiger partial charge < -0.3 is 14.5 Å². The molecule has 0 atom stereocenters. The molecule has 2 fully saturated rings. The van der Waals surface area contributed by atoms with Crippen LogP contribution in [0.15, 0.2) is 60.9 Å². The monoisotopic (exact) mass is 527 g/mol. The summed E-state index contributed by atoms with van der Waals surface area (Å²) >= 11 is 0.